The maximum Gasteiger partial charge on any atom is 0.275 e. The first-order valence-corrected chi connectivity index (χ1v) is 10.6. The highest BCUT2D eigenvalue weighted by Crippen LogP contribution is 2.28. The fraction of sp³-hybridized carbons (Fsp3) is 0.238. The number of hydrogen-bond donors (Lipinski definition) is 1. The van der Waals surface area contributed by atoms with Crippen molar-refractivity contribution in [2.75, 3.05) is 23.3 Å². The van der Waals surface area contributed by atoms with Gasteiger partial charge in [0, 0.05) is 30.1 Å². The Kier molecular flexibility index (Phi) is 4.69. The van der Waals surface area contributed by atoms with Gasteiger partial charge in [-0.05, 0) is 31.4 Å². The van der Waals surface area contributed by atoms with Crippen LogP contribution in [0.2, 0.25) is 0 Å². The Balaban J connectivity index is 1.39. The number of piperidine rings is 1. The first-order chi connectivity index (χ1) is 14.3. The molecule has 4 heterocycles. The summed E-state index contributed by atoms with van der Waals surface area (Å²) in [6.45, 7) is 2.00. The van der Waals surface area contributed by atoms with Crippen molar-refractivity contribution in [2.24, 2.45) is 0 Å². The van der Waals surface area contributed by atoms with E-state index in [-0.39, 0.29) is 5.91 Å². The minimum atomic E-state index is -0.241. The Morgan fingerprint density at radius 1 is 1.07 bits per heavy atom. The van der Waals surface area contributed by atoms with E-state index in [4.69, 9.17) is 0 Å². The molecule has 4 aromatic rings. The Bertz CT molecular complexity index is 1160. The number of para-hydroxylation sites is 1. The van der Waals surface area contributed by atoms with Gasteiger partial charge in [0.05, 0.1) is 29.3 Å². The third-order valence-corrected chi connectivity index (χ3v) is 5.94. The van der Waals surface area contributed by atoms with Crippen molar-refractivity contribution in [3.8, 4) is 5.13 Å². The van der Waals surface area contributed by atoms with Gasteiger partial charge in [0.25, 0.3) is 5.91 Å². The van der Waals surface area contributed by atoms with Crippen molar-refractivity contribution in [2.45, 2.75) is 19.3 Å². The largest absolute Gasteiger partial charge is 0.370 e. The topological polar surface area (TPSA) is 75.9 Å². The minimum Gasteiger partial charge on any atom is -0.370 e. The van der Waals surface area contributed by atoms with E-state index in [1.165, 1.54) is 30.6 Å². The van der Waals surface area contributed by atoms with Crippen LogP contribution in [0.5, 0.6) is 0 Å². The molecular weight excluding hydrogens is 384 g/mol. The summed E-state index contributed by atoms with van der Waals surface area (Å²) >= 11 is 1.40. The average molecular weight is 404 g/mol. The third kappa shape index (κ3) is 3.47. The summed E-state index contributed by atoms with van der Waals surface area (Å²) in [5.74, 6) is -0.241. The highest BCUT2D eigenvalue weighted by molar-refractivity contribution is 7.12. The van der Waals surface area contributed by atoms with Gasteiger partial charge in [-0.15, -0.1) is 11.3 Å². The van der Waals surface area contributed by atoms with Crippen LogP contribution in [-0.2, 0) is 0 Å². The van der Waals surface area contributed by atoms with Crippen LogP contribution in [0.1, 0.15) is 29.8 Å². The first-order valence-electron chi connectivity index (χ1n) is 9.68. The Morgan fingerprint density at radius 2 is 1.93 bits per heavy atom. The quantitative estimate of drug-likeness (QED) is 0.554. The number of anilines is 2. The van der Waals surface area contributed by atoms with Gasteiger partial charge < -0.3 is 10.2 Å². The monoisotopic (exact) mass is 404 g/mol. The van der Waals surface area contributed by atoms with Crippen LogP contribution in [0.15, 0.2) is 54.3 Å². The number of amides is 1. The van der Waals surface area contributed by atoms with Crippen molar-refractivity contribution in [1.82, 2.24) is 19.7 Å². The number of nitrogens with zero attached hydrogens (tertiary/aromatic N) is 5. The normalized spacial score (nSPS) is 14.3. The van der Waals surface area contributed by atoms with Crippen molar-refractivity contribution in [3.05, 3.63) is 60.0 Å². The van der Waals surface area contributed by atoms with E-state index >= 15 is 0 Å². The first kappa shape index (κ1) is 17.8. The third-order valence-electron chi connectivity index (χ3n) is 5.13. The summed E-state index contributed by atoms with van der Waals surface area (Å²) in [6.07, 6.45) is 8.87. The van der Waals surface area contributed by atoms with Gasteiger partial charge in [-0.25, -0.2) is 9.67 Å². The number of aromatic nitrogens is 4. The number of benzene rings is 1. The molecule has 5 rings (SSSR count). The number of rotatable bonds is 4. The van der Waals surface area contributed by atoms with Crippen molar-refractivity contribution in [3.63, 3.8) is 0 Å². The van der Waals surface area contributed by atoms with E-state index in [0.29, 0.717) is 10.8 Å². The lowest BCUT2D eigenvalue weighted by Gasteiger charge is -2.30. The summed E-state index contributed by atoms with van der Waals surface area (Å²) in [6, 6.07) is 9.90. The smallest absolute Gasteiger partial charge is 0.275 e. The molecule has 0 aliphatic carbocycles. The molecule has 0 saturated carbocycles. The van der Waals surface area contributed by atoms with Crippen LogP contribution in [0.4, 0.5) is 11.4 Å². The molecule has 0 unspecified atom stereocenters. The van der Waals surface area contributed by atoms with Crippen LogP contribution < -0.4 is 10.2 Å². The Hall–Kier alpha value is -3.26. The molecule has 29 heavy (non-hydrogen) atoms. The zero-order valence-electron chi connectivity index (χ0n) is 15.8. The standard InChI is InChI=1S/C21H20N6OS/c28-20(24-16-13-22-9-8-19(16)26-10-4-1-5-11-26)17-14-29-21(25-17)27-18-7-3-2-6-15(18)12-23-27/h2-3,6-9,12-14H,1,4-5,10-11H2,(H,24,28). The van der Waals surface area contributed by atoms with Crippen LogP contribution in [0.3, 0.4) is 0 Å². The van der Waals surface area contributed by atoms with Gasteiger partial charge >= 0.3 is 0 Å². The molecule has 0 bridgehead atoms. The number of thiazole rings is 1. The molecule has 1 saturated heterocycles. The summed E-state index contributed by atoms with van der Waals surface area (Å²) in [5.41, 5.74) is 3.08. The molecule has 1 fully saturated rings. The van der Waals surface area contributed by atoms with E-state index in [0.717, 1.165) is 35.4 Å². The second-order valence-electron chi connectivity index (χ2n) is 7.03. The number of hydrogen-bond acceptors (Lipinski definition) is 6. The van der Waals surface area contributed by atoms with E-state index < -0.39 is 0 Å². The molecule has 0 radical (unpaired) electrons. The molecular formula is C21H20N6OS. The fourth-order valence-electron chi connectivity index (χ4n) is 3.67. The lowest BCUT2D eigenvalue weighted by Crippen LogP contribution is -2.30. The van der Waals surface area contributed by atoms with Crippen LogP contribution in [0.25, 0.3) is 16.0 Å². The molecule has 0 spiro atoms. The molecule has 7 nitrogen and oxygen atoms in total. The number of pyridine rings is 1. The summed E-state index contributed by atoms with van der Waals surface area (Å²) in [7, 11) is 0. The molecule has 1 aromatic carbocycles. The molecule has 0 atom stereocenters. The SMILES string of the molecule is O=C(Nc1cnccc1N1CCCCC1)c1csc(-n2ncc3ccccc32)n1. The Morgan fingerprint density at radius 3 is 2.83 bits per heavy atom. The molecule has 8 heteroatoms. The number of carbonyl (C=O) groups is 1. The summed E-state index contributed by atoms with van der Waals surface area (Å²) in [4.78, 5) is 23.9. The molecule has 1 aliphatic rings. The van der Waals surface area contributed by atoms with E-state index in [9.17, 15) is 4.79 Å². The van der Waals surface area contributed by atoms with Crippen LogP contribution in [-0.4, -0.2) is 38.7 Å². The van der Waals surface area contributed by atoms with Gasteiger partial charge in [0.15, 0.2) is 0 Å². The van der Waals surface area contributed by atoms with Gasteiger partial charge in [-0.3, -0.25) is 9.78 Å². The van der Waals surface area contributed by atoms with Crippen molar-refractivity contribution < 1.29 is 4.79 Å². The fourth-order valence-corrected chi connectivity index (χ4v) is 4.44. The van der Waals surface area contributed by atoms with Crippen molar-refractivity contribution >= 4 is 39.5 Å². The molecule has 3 aromatic heterocycles. The maximum atomic E-state index is 12.9. The summed E-state index contributed by atoms with van der Waals surface area (Å²) in [5, 5.41) is 10.9. The average Bonchev–Trinajstić information content (AvgIpc) is 3.42. The van der Waals surface area contributed by atoms with Crippen molar-refractivity contribution in [1.29, 1.82) is 0 Å². The van der Waals surface area contributed by atoms with Crippen LogP contribution >= 0.6 is 11.3 Å². The van der Waals surface area contributed by atoms with Gasteiger partial charge in [-0.2, -0.15) is 5.10 Å². The summed E-state index contributed by atoms with van der Waals surface area (Å²) < 4.78 is 1.76. The predicted octanol–water partition coefficient (Wildman–Crippen LogP) is 4.12. The number of carbonyl (C=O) groups excluding carboxylic acids is 1. The second kappa shape index (κ2) is 7.63. The lowest BCUT2D eigenvalue weighted by atomic mass is 10.1. The highest BCUT2D eigenvalue weighted by Gasteiger charge is 2.18. The maximum absolute atomic E-state index is 12.9. The highest BCUT2D eigenvalue weighted by atomic mass is 32.1. The van der Waals surface area contributed by atoms with E-state index in [2.05, 4.69) is 25.3 Å². The lowest BCUT2D eigenvalue weighted by molar-refractivity contribution is 0.102. The van der Waals surface area contributed by atoms with E-state index in [1.54, 1.807) is 28.7 Å². The molecule has 1 N–H and O–H groups in total. The zero-order chi connectivity index (χ0) is 19.6. The number of nitrogens with one attached hydrogen (secondary N) is 1. The van der Waals surface area contributed by atoms with E-state index in [1.807, 2.05) is 30.3 Å². The minimum absolute atomic E-state index is 0.241. The van der Waals surface area contributed by atoms with Crippen LogP contribution in [0, 0.1) is 0 Å². The number of fused-ring (bicyclic) bond motifs is 1. The predicted molar refractivity (Wildman–Crippen MR) is 115 cm³/mol. The second-order valence-corrected chi connectivity index (χ2v) is 7.86. The van der Waals surface area contributed by atoms with Gasteiger partial charge in [0.1, 0.15) is 5.69 Å². The molecule has 1 aliphatic heterocycles. The Labute approximate surface area is 172 Å². The molecule has 1 amide bonds. The zero-order valence-corrected chi connectivity index (χ0v) is 16.6. The molecule has 146 valence electrons. The van der Waals surface area contributed by atoms with Gasteiger partial charge in [0.2, 0.25) is 5.13 Å². The van der Waals surface area contributed by atoms with Gasteiger partial charge in [-0.1, -0.05) is 18.2 Å².